The quantitative estimate of drug-likeness (QED) is 0.879. The van der Waals surface area contributed by atoms with Crippen LogP contribution in [0.25, 0.3) is 0 Å². The molecule has 6 rings (SSSR count). The van der Waals surface area contributed by atoms with Crippen LogP contribution in [0.2, 0.25) is 0 Å². The second-order valence-corrected chi connectivity index (χ2v) is 8.21. The van der Waals surface area contributed by atoms with Gasteiger partial charge in [-0.2, -0.15) is 5.26 Å². The molecule has 28 heavy (non-hydrogen) atoms. The van der Waals surface area contributed by atoms with Gasteiger partial charge in [0.1, 0.15) is 5.75 Å². The number of rotatable bonds is 2. The molecule has 2 bridgehead atoms. The molecular formula is C23H23N3O2. The summed E-state index contributed by atoms with van der Waals surface area (Å²) in [6, 6.07) is 17.1. The summed E-state index contributed by atoms with van der Waals surface area (Å²) in [6.07, 6.45) is 2.27. The van der Waals surface area contributed by atoms with E-state index in [0.717, 1.165) is 31.5 Å². The van der Waals surface area contributed by atoms with Crippen LogP contribution in [-0.4, -0.2) is 52.5 Å². The van der Waals surface area contributed by atoms with Gasteiger partial charge in [-0.3, -0.25) is 9.69 Å². The van der Waals surface area contributed by atoms with E-state index in [0.29, 0.717) is 29.6 Å². The van der Waals surface area contributed by atoms with Crippen LogP contribution >= 0.6 is 0 Å². The zero-order valence-electron chi connectivity index (χ0n) is 15.7. The lowest BCUT2D eigenvalue weighted by molar-refractivity contribution is -0.00341. The minimum absolute atomic E-state index is 0.0171. The zero-order valence-corrected chi connectivity index (χ0v) is 15.7. The number of benzene rings is 2. The first kappa shape index (κ1) is 17.3. The number of likely N-dealkylation sites (tertiary alicyclic amines) is 1. The zero-order chi connectivity index (χ0) is 19.3. The number of fused-ring (bicyclic) bond motifs is 2. The summed E-state index contributed by atoms with van der Waals surface area (Å²) in [7, 11) is 0. The van der Waals surface area contributed by atoms with Gasteiger partial charge >= 0.3 is 0 Å². The number of carbonyl (C=O) groups is 1. The molecule has 4 aliphatic heterocycles. The fourth-order valence-corrected chi connectivity index (χ4v) is 5.59. The van der Waals surface area contributed by atoms with E-state index < -0.39 is 0 Å². The maximum absolute atomic E-state index is 13.4. The molecule has 1 N–H and O–H groups in total. The van der Waals surface area contributed by atoms with Crippen molar-refractivity contribution in [2.24, 2.45) is 5.92 Å². The van der Waals surface area contributed by atoms with E-state index in [9.17, 15) is 15.2 Å². The Bertz CT molecular complexity index is 958. The maximum Gasteiger partial charge on any atom is 0.254 e. The van der Waals surface area contributed by atoms with E-state index in [1.165, 1.54) is 0 Å². The number of nitriles is 1. The Balaban J connectivity index is 1.53. The summed E-state index contributed by atoms with van der Waals surface area (Å²) in [5.74, 6) is 1.02. The van der Waals surface area contributed by atoms with Gasteiger partial charge in [-0.1, -0.05) is 18.2 Å². The fourth-order valence-electron chi connectivity index (χ4n) is 5.59. The van der Waals surface area contributed by atoms with Gasteiger partial charge in [0.25, 0.3) is 5.91 Å². The van der Waals surface area contributed by atoms with Crippen LogP contribution in [0, 0.1) is 17.2 Å². The lowest BCUT2D eigenvalue weighted by atomic mass is 9.75. The first-order chi connectivity index (χ1) is 13.7. The molecule has 5 heteroatoms. The van der Waals surface area contributed by atoms with Crippen LogP contribution in [0.5, 0.6) is 5.75 Å². The van der Waals surface area contributed by atoms with Gasteiger partial charge in [0.05, 0.1) is 17.7 Å². The van der Waals surface area contributed by atoms with Crippen molar-refractivity contribution in [3.8, 4) is 11.8 Å². The van der Waals surface area contributed by atoms with E-state index in [1.807, 2.05) is 17.0 Å². The molecule has 0 spiro atoms. The van der Waals surface area contributed by atoms with Crippen molar-refractivity contribution in [2.45, 2.75) is 30.8 Å². The van der Waals surface area contributed by atoms with Crippen LogP contribution in [0.1, 0.15) is 40.2 Å². The van der Waals surface area contributed by atoms with Crippen molar-refractivity contribution < 1.29 is 9.90 Å². The summed E-state index contributed by atoms with van der Waals surface area (Å²) in [5, 5.41) is 19.2. The fraction of sp³-hybridized carbons (Fsp3) is 0.391. The molecule has 0 unspecified atom stereocenters. The predicted octanol–water partition coefficient (Wildman–Crippen LogP) is 2.97. The number of hydrogen-bond acceptors (Lipinski definition) is 4. The monoisotopic (exact) mass is 373 g/mol. The molecule has 2 aromatic rings. The molecule has 4 aliphatic rings. The van der Waals surface area contributed by atoms with Crippen molar-refractivity contribution in [1.29, 1.82) is 5.26 Å². The van der Waals surface area contributed by atoms with E-state index in [-0.39, 0.29) is 23.6 Å². The standard InChI is InChI=1S/C23H23N3O2/c24-13-15-3-1-5-18(11-15)23(28)26-14-20(17-4-2-6-19(27)12-17)22-21(26)16-7-9-25(22)10-8-16/h1-6,11-12,16,20-22,27H,7-10,14H2/t20-,21+,22+/m1/s1. The van der Waals surface area contributed by atoms with Crippen LogP contribution in [-0.2, 0) is 0 Å². The van der Waals surface area contributed by atoms with E-state index in [1.54, 1.807) is 30.3 Å². The number of phenols is 1. The van der Waals surface area contributed by atoms with Gasteiger partial charge in [-0.15, -0.1) is 0 Å². The minimum Gasteiger partial charge on any atom is -0.508 e. The second kappa shape index (κ2) is 6.65. The van der Waals surface area contributed by atoms with Gasteiger partial charge in [-0.05, 0) is 67.7 Å². The summed E-state index contributed by atoms with van der Waals surface area (Å²) in [4.78, 5) is 18.0. The maximum atomic E-state index is 13.4. The molecule has 4 heterocycles. The van der Waals surface area contributed by atoms with Gasteiger partial charge < -0.3 is 10.0 Å². The largest absolute Gasteiger partial charge is 0.508 e. The summed E-state index contributed by atoms with van der Waals surface area (Å²) < 4.78 is 0. The lowest BCUT2D eigenvalue weighted by Gasteiger charge is -2.51. The third-order valence-corrected chi connectivity index (χ3v) is 6.79. The summed E-state index contributed by atoms with van der Waals surface area (Å²) in [5.41, 5.74) is 2.20. The molecule has 0 saturated carbocycles. The molecule has 2 aromatic carbocycles. The number of nitrogens with zero attached hydrogens (tertiary/aromatic N) is 3. The summed E-state index contributed by atoms with van der Waals surface area (Å²) in [6.45, 7) is 2.83. The Morgan fingerprint density at radius 1 is 1.07 bits per heavy atom. The lowest BCUT2D eigenvalue weighted by Crippen LogP contribution is -2.60. The Morgan fingerprint density at radius 2 is 1.86 bits per heavy atom. The third kappa shape index (κ3) is 2.68. The normalized spacial score (nSPS) is 30.7. The average molecular weight is 373 g/mol. The predicted molar refractivity (Wildman–Crippen MR) is 105 cm³/mol. The van der Waals surface area contributed by atoms with Crippen LogP contribution in [0.3, 0.4) is 0 Å². The van der Waals surface area contributed by atoms with Gasteiger partial charge in [0.15, 0.2) is 0 Å². The van der Waals surface area contributed by atoms with Gasteiger partial charge in [-0.25, -0.2) is 0 Å². The molecule has 0 radical (unpaired) electrons. The molecule has 3 atom stereocenters. The van der Waals surface area contributed by atoms with Crippen molar-refractivity contribution >= 4 is 5.91 Å². The minimum atomic E-state index is 0.0171. The highest BCUT2D eigenvalue weighted by Gasteiger charge is 2.54. The molecule has 0 aromatic heterocycles. The average Bonchev–Trinajstić information content (AvgIpc) is 3.17. The SMILES string of the molecule is N#Cc1cccc(C(=O)N2C[C@H](c3cccc(O)c3)[C@H]3[C@@H]2C2CCN3CC2)c1. The Kier molecular flexibility index (Phi) is 4.10. The second-order valence-electron chi connectivity index (χ2n) is 8.21. The number of piperidine rings is 3. The highest BCUT2D eigenvalue weighted by Crippen LogP contribution is 2.47. The Hall–Kier alpha value is -2.84. The highest BCUT2D eigenvalue weighted by atomic mass is 16.3. The number of aromatic hydroxyl groups is 1. The van der Waals surface area contributed by atoms with Crippen LogP contribution in [0.4, 0.5) is 0 Å². The van der Waals surface area contributed by atoms with Crippen molar-refractivity contribution in [2.75, 3.05) is 19.6 Å². The Labute approximate surface area is 164 Å². The van der Waals surface area contributed by atoms with Crippen LogP contribution < -0.4 is 0 Å². The molecule has 0 aliphatic carbocycles. The number of carbonyl (C=O) groups excluding carboxylic acids is 1. The van der Waals surface area contributed by atoms with Crippen molar-refractivity contribution in [3.63, 3.8) is 0 Å². The molecule has 4 fully saturated rings. The molecule has 5 nitrogen and oxygen atoms in total. The topological polar surface area (TPSA) is 67.6 Å². The highest BCUT2D eigenvalue weighted by molar-refractivity contribution is 5.95. The van der Waals surface area contributed by atoms with Gasteiger partial charge in [0.2, 0.25) is 0 Å². The van der Waals surface area contributed by atoms with E-state index >= 15 is 0 Å². The smallest absolute Gasteiger partial charge is 0.254 e. The van der Waals surface area contributed by atoms with Gasteiger partial charge in [0, 0.05) is 24.1 Å². The van der Waals surface area contributed by atoms with Crippen molar-refractivity contribution in [3.05, 3.63) is 65.2 Å². The first-order valence-corrected chi connectivity index (χ1v) is 10.00. The van der Waals surface area contributed by atoms with Crippen molar-refractivity contribution in [1.82, 2.24) is 9.80 Å². The third-order valence-electron chi connectivity index (χ3n) is 6.79. The number of amides is 1. The molecule has 142 valence electrons. The van der Waals surface area contributed by atoms with E-state index in [2.05, 4.69) is 17.0 Å². The summed E-state index contributed by atoms with van der Waals surface area (Å²) >= 11 is 0. The first-order valence-electron chi connectivity index (χ1n) is 10.00. The number of hydrogen-bond donors (Lipinski definition) is 1. The van der Waals surface area contributed by atoms with E-state index in [4.69, 9.17) is 0 Å². The van der Waals surface area contributed by atoms with Crippen LogP contribution in [0.15, 0.2) is 48.5 Å². The molecular weight excluding hydrogens is 350 g/mol. The number of phenolic OH excluding ortho intramolecular Hbond substituents is 1. The molecule has 1 amide bonds. The molecule has 4 saturated heterocycles. The Morgan fingerprint density at radius 3 is 2.61 bits per heavy atom.